The molecule has 0 saturated heterocycles. The Kier molecular flexibility index (Phi) is 6.58. The molecule has 7 heteroatoms. The molecule has 5 nitrogen and oxygen atoms in total. The van der Waals surface area contributed by atoms with Crippen LogP contribution >= 0.6 is 23.2 Å². The average molecular weight is 369 g/mol. The third kappa shape index (κ3) is 4.94. The first kappa shape index (κ1) is 18.2. The molecular formula is C17H18Cl2N2O3. The van der Waals surface area contributed by atoms with Crippen molar-refractivity contribution in [3.63, 3.8) is 0 Å². The van der Waals surface area contributed by atoms with E-state index >= 15 is 0 Å². The molecule has 0 radical (unpaired) electrons. The summed E-state index contributed by atoms with van der Waals surface area (Å²) in [5.74, 6) is 1.05. The van der Waals surface area contributed by atoms with Gasteiger partial charge in [-0.15, -0.1) is 0 Å². The second kappa shape index (κ2) is 8.66. The van der Waals surface area contributed by atoms with Gasteiger partial charge < -0.3 is 20.1 Å². The largest absolute Gasteiger partial charge is 0.497 e. The first-order valence-electron chi connectivity index (χ1n) is 7.24. The molecule has 0 unspecified atom stereocenters. The van der Waals surface area contributed by atoms with Crippen LogP contribution in [0, 0.1) is 0 Å². The van der Waals surface area contributed by atoms with Crippen LogP contribution in [0.2, 0.25) is 10.0 Å². The minimum absolute atomic E-state index is 0.154. The number of carbonyl (C=O) groups excluding carboxylic acids is 1. The van der Waals surface area contributed by atoms with Crippen molar-refractivity contribution >= 4 is 40.5 Å². The van der Waals surface area contributed by atoms with Gasteiger partial charge in [-0.3, -0.25) is 4.79 Å². The summed E-state index contributed by atoms with van der Waals surface area (Å²) < 4.78 is 10.4. The second-order valence-electron chi connectivity index (χ2n) is 4.92. The van der Waals surface area contributed by atoms with Crippen molar-refractivity contribution in [2.75, 3.05) is 31.4 Å². The number of amides is 1. The van der Waals surface area contributed by atoms with E-state index in [1.54, 1.807) is 50.6 Å². The van der Waals surface area contributed by atoms with E-state index in [0.29, 0.717) is 33.8 Å². The van der Waals surface area contributed by atoms with Gasteiger partial charge in [-0.05, 0) is 30.3 Å². The molecule has 0 saturated carbocycles. The highest BCUT2D eigenvalue weighted by Gasteiger charge is 2.09. The van der Waals surface area contributed by atoms with Crippen LogP contribution in [0.1, 0.15) is 6.42 Å². The summed E-state index contributed by atoms with van der Waals surface area (Å²) in [5, 5.41) is 6.98. The van der Waals surface area contributed by atoms with E-state index in [-0.39, 0.29) is 12.3 Å². The SMILES string of the molecule is COc1ccc(OC)c(NC(=O)CCNc2ccc(Cl)cc2Cl)c1. The summed E-state index contributed by atoms with van der Waals surface area (Å²) >= 11 is 11.9. The fourth-order valence-corrected chi connectivity index (χ4v) is 2.54. The molecule has 0 fully saturated rings. The summed E-state index contributed by atoms with van der Waals surface area (Å²) in [4.78, 5) is 12.1. The molecule has 2 N–H and O–H groups in total. The van der Waals surface area contributed by atoms with Gasteiger partial charge >= 0.3 is 0 Å². The zero-order chi connectivity index (χ0) is 17.5. The third-order valence-electron chi connectivity index (χ3n) is 3.28. The van der Waals surface area contributed by atoms with Crippen molar-refractivity contribution in [3.8, 4) is 11.5 Å². The highest BCUT2D eigenvalue weighted by molar-refractivity contribution is 6.36. The number of benzene rings is 2. The third-order valence-corrected chi connectivity index (χ3v) is 3.83. The monoisotopic (exact) mass is 368 g/mol. The number of nitrogens with one attached hydrogen (secondary N) is 2. The predicted molar refractivity (Wildman–Crippen MR) is 97.7 cm³/mol. The van der Waals surface area contributed by atoms with E-state index in [1.165, 1.54) is 0 Å². The average Bonchev–Trinajstić information content (AvgIpc) is 2.56. The van der Waals surface area contributed by atoms with Gasteiger partial charge in [0, 0.05) is 24.1 Å². The summed E-state index contributed by atoms with van der Waals surface area (Å²) in [6, 6.07) is 10.4. The van der Waals surface area contributed by atoms with Gasteiger partial charge in [0.05, 0.1) is 30.6 Å². The Labute approximate surface area is 150 Å². The number of halogens is 2. The minimum Gasteiger partial charge on any atom is -0.497 e. The number of methoxy groups -OCH3 is 2. The molecule has 0 aromatic heterocycles. The van der Waals surface area contributed by atoms with E-state index in [0.717, 1.165) is 5.69 Å². The summed E-state index contributed by atoms with van der Waals surface area (Å²) in [6.45, 7) is 0.430. The number of hydrogen-bond donors (Lipinski definition) is 2. The van der Waals surface area contributed by atoms with Crippen molar-refractivity contribution in [1.82, 2.24) is 0 Å². The van der Waals surface area contributed by atoms with E-state index in [4.69, 9.17) is 32.7 Å². The molecule has 0 heterocycles. The van der Waals surface area contributed by atoms with Gasteiger partial charge in [-0.1, -0.05) is 23.2 Å². The topological polar surface area (TPSA) is 59.6 Å². The normalized spacial score (nSPS) is 10.2. The van der Waals surface area contributed by atoms with Gasteiger partial charge in [0.2, 0.25) is 5.91 Å². The van der Waals surface area contributed by atoms with E-state index in [9.17, 15) is 4.79 Å². The van der Waals surface area contributed by atoms with Crippen molar-refractivity contribution in [3.05, 3.63) is 46.4 Å². The molecule has 2 aromatic carbocycles. The molecule has 0 spiro atoms. The predicted octanol–water partition coefficient (Wildman–Crippen LogP) is 4.45. The fraction of sp³-hybridized carbons (Fsp3) is 0.235. The molecule has 2 aromatic rings. The lowest BCUT2D eigenvalue weighted by Crippen LogP contribution is -2.16. The Bertz CT molecular complexity index is 723. The number of anilines is 2. The Hall–Kier alpha value is -2.11. The first-order valence-corrected chi connectivity index (χ1v) is 8.00. The Morgan fingerprint density at radius 2 is 1.83 bits per heavy atom. The van der Waals surface area contributed by atoms with Gasteiger partial charge in [-0.25, -0.2) is 0 Å². The molecule has 2 rings (SSSR count). The maximum absolute atomic E-state index is 12.1. The van der Waals surface area contributed by atoms with Crippen LogP contribution in [0.15, 0.2) is 36.4 Å². The molecule has 1 amide bonds. The lowest BCUT2D eigenvalue weighted by atomic mass is 10.2. The van der Waals surface area contributed by atoms with Gasteiger partial charge in [0.25, 0.3) is 0 Å². The van der Waals surface area contributed by atoms with Crippen LogP contribution in [-0.2, 0) is 4.79 Å². The molecular weight excluding hydrogens is 351 g/mol. The summed E-state index contributed by atoms with van der Waals surface area (Å²) in [6.07, 6.45) is 0.263. The van der Waals surface area contributed by atoms with Crippen LogP contribution in [0.5, 0.6) is 11.5 Å². The Morgan fingerprint density at radius 3 is 2.50 bits per heavy atom. The van der Waals surface area contributed by atoms with Crippen molar-refractivity contribution in [1.29, 1.82) is 0 Å². The molecule has 0 aliphatic carbocycles. The van der Waals surface area contributed by atoms with Crippen molar-refractivity contribution < 1.29 is 14.3 Å². The maximum Gasteiger partial charge on any atom is 0.226 e. The van der Waals surface area contributed by atoms with Crippen LogP contribution in [0.25, 0.3) is 0 Å². The quantitative estimate of drug-likeness (QED) is 0.757. The number of hydrogen-bond acceptors (Lipinski definition) is 4. The standard InChI is InChI=1S/C17H18Cl2N2O3/c1-23-12-4-6-16(24-2)15(10-12)21-17(22)7-8-20-14-5-3-11(18)9-13(14)19/h3-6,9-10,20H,7-8H2,1-2H3,(H,21,22). The van der Waals surface area contributed by atoms with Crippen molar-refractivity contribution in [2.45, 2.75) is 6.42 Å². The first-order chi connectivity index (χ1) is 11.5. The summed E-state index contributed by atoms with van der Waals surface area (Å²) in [7, 11) is 3.11. The lowest BCUT2D eigenvalue weighted by molar-refractivity contribution is -0.115. The van der Waals surface area contributed by atoms with Gasteiger partial charge in [-0.2, -0.15) is 0 Å². The van der Waals surface area contributed by atoms with Crippen LogP contribution in [0.4, 0.5) is 11.4 Å². The highest BCUT2D eigenvalue weighted by atomic mass is 35.5. The van der Waals surface area contributed by atoms with Crippen molar-refractivity contribution in [2.24, 2.45) is 0 Å². The van der Waals surface area contributed by atoms with Gasteiger partial charge in [0.1, 0.15) is 11.5 Å². The Balaban J connectivity index is 1.91. The fourth-order valence-electron chi connectivity index (χ4n) is 2.07. The molecule has 128 valence electrons. The summed E-state index contributed by atoms with van der Waals surface area (Å²) in [5.41, 5.74) is 1.29. The molecule has 0 aliphatic rings. The minimum atomic E-state index is -0.154. The van der Waals surface area contributed by atoms with Gasteiger partial charge in [0.15, 0.2) is 0 Å². The maximum atomic E-state index is 12.1. The number of carbonyl (C=O) groups is 1. The van der Waals surface area contributed by atoms with Crippen LogP contribution in [0.3, 0.4) is 0 Å². The zero-order valence-corrected chi connectivity index (χ0v) is 14.9. The van der Waals surface area contributed by atoms with E-state index in [1.807, 2.05) is 0 Å². The Morgan fingerprint density at radius 1 is 1.04 bits per heavy atom. The molecule has 0 atom stereocenters. The molecule has 0 bridgehead atoms. The molecule has 0 aliphatic heterocycles. The smallest absolute Gasteiger partial charge is 0.226 e. The second-order valence-corrected chi connectivity index (χ2v) is 5.76. The lowest BCUT2D eigenvalue weighted by Gasteiger charge is -2.12. The zero-order valence-electron chi connectivity index (χ0n) is 13.4. The highest BCUT2D eigenvalue weighted by Crippen LogP contribution is 2.29. The van der Waals surface area contributed by atoms with Crippen LogP contribution < -0.4 is 20.1 Å². The van der Waals surface area contributed by atoms with E-state index in [2.05, 4.69) is 10.6 Å². The number of rotatable bonds is 7. The van der Waals surface area contributed by atoms with Crippen LogP contribution in [-0.4, -0.2) is 26.7 Å². The van der Waals surface area contributed by atoms with E-state index < -0.39 is 0 Å². The number of ether oxygens (including phenoxy) is 2. The molecule has 24 heavy (non-hydrogen) atoms.